The number of hydrogen-bond acceptors (Lipinski definition) is 3. The summed E-state index contributed by atoms with van der Waals surface area (Å²) in [7, 11) is 0. The molecule has 6 heteroatoms. The van der Waals surface area contributed by atoms with E-state index in [9.17, 15) is 9.18 Å². The molecular formula is C29H29FN4O. The Morgan fingerprint density at radius 1 is 1.00 bits per heavy atom. The van der Waals surface area contributed by atoms with Crippen LogP contribution in [0.25, 0.3) is 16.6 Å². The SMILES string of the molecule is CC1(C)C(=O)N(c2ccc3c(cnn3-c3ccc(F)cc3)c2)[C@H](c2ccccc2)C1NCC1CC1. The van der Waals surface area contributed by atoms with Gasteiger partial charge in [-0.3, -0.25) is 4.79 Å². The van der Waals surface area contributed by atoms with E-state index in [2.05, 4.69) is 36.4 Å². The minimum Gasteiger partial charge on any atom is -0.310 e. The van der Waals surface area contributed by atoms with Crippen LogP contribution in [0.4, 0.5) is 10.1 Å². The number of fused-ring (bicyclic) bond motifs is 1. The summed E-state index contributed by atoms with van der Waals surface area (Å²) in [4.78, 5) is 15.9. The van der Waals surface area contributed by atoms with Crippen LogP contribution in [0, 0.1) is 17.2 Å². The number of aromatic nitrogens is 2. The van der Waals surface area contributed by atoms with Crippen molar-refractivity contribution in [3.8, 4) is 5.69 Å². The highest BCUT2D eigenvalue weighted by atomic mass is 19.1. The first-order valence-electron chi connectivity index (χ1n) is 12.3. The second-order valence-corrected chi connectivity index (χ2v) is 10.4. The van der Waals surface area contributed by atoms with Crippen LogP contribution in [0.1, 0.15) is 38.3 Å². The van der Waals surface area contributed by atoms with E-state index in [1.165, 1.54) is 25.0 Å². The van der Waals surface area contributed by atoms with Gasteiger partial charge in [0.15, 0.2) is 0 Å². The molecule has 1 N–H and O–H groups in total. The van der Waals surface area contributed by atoms with E-state index in [0.717, 1.165) is 40.3 Å². The Labute approximate surface area is 204 Å². The number of nitrogens with one attached hydrogen (secondary N) is 1. The van der Waals surface area contributed by atoms with Crippen molar-refractivity contribution in [2.24, 2.45) is 11.3 Å². The van der Waals surface area contributed by atoms with Crippen LogP contribution in [0.2, 0.25) is 0 Å². The number of rotatable bonds is 6. The van der Waals surface area contributed by atoms with Crippen molar-refractivity contribution in [1.29, 1.82) is 0 Å². The van der Waals surface area contributed by atoms with Gasteiger partial charge in [0.05, 0.1) is 28.9 Å². The first-order valence-corrected chi connectivity index (χ1v) is 12.3. The van der Waals surface area contributed by atoms with E-state index in [1.54, 1.807) is 23.0 Å². The topological polar surface area (TPSA) is 50.2 Å². The third-order valence-electron chi connectivity index (χ3n) is 7.51. The Hall–Kier alpha value is -3.51. The van der Waals surface area contributed by atoms with Crippen molar-refractivity contribution in [2.45, 2.75) is 38.8 Å². The molecule has 2 heterocycles. The second-order valence-electron chi connectivity index (χ2n) is 10.4. The fourth-order valence-corrected chi connectivity index (χ4v) is 5.32. The maximum atomic E-state index is 13.9. The summed E-state index contributed by atoms with van der Waals surface area (Å²) in [6, 6.07) is 22.5. The summed E-state index contributed by atoms with van der Waals surface area (Å²) in [6.45, 7) is 5.06. The molecule has 2 fully saturated rings. The standard InChI is InChI=1S/C29H29FN4O/c1-29(2)27(31-17-19-8-9-19)26(20-6-4-3-5-7-20)33(28(29)35)24-14-15-25-21(16-24)18-32-34(25)23-12-10-22(30)11-13-23/h3-7,10-16,18-19,26-27,31H,8-9,17H2,1-2H3/t26-,27?/m1/s1. The van der Waals surface area contributed by atoms with E-state index in [-0.39, 0.29) is 23.8 Å². The summed E-state index contributed by atoms with van der Waals surface area (Å²) in [5.41, 5.74) is 3.13. The van der Waals surface area contributed by atoms with Gasteiger partial charge >= 0.3 is 0 Å². The maximum absolute atomic E-state index is 13.9. The van der Waals surface area contributed by atoms with Crippen molar-refractivity contribution in [1.82, 2.24) is 15.1 Å². The van der Waals surface area contributed by atoms with Crippen molar-refractivity contribution in [2.75, 3.05) is 11.4 Å². The van der Waals surface area contributed by atoms with Gasteiger partial charge in [-0.05, 0) is 87.2 Å². The molecule has 1 aliphatic heterocycles. The average molecular weight is 469 g/mol. The first-order chi connectivity index (χ1) is 16.9. The summed E-state index contributed by atoms with van der Waals surface area (Å²) in [5.74, 6) is 0.560. The molecule has 1 amide bonds. The lowest BCUT2D eigenvalue weighted by atomic mass is 9.82. The van der Waals surface area contributed by atoms with Crippen LogP contribution in [-0.2, 0) is 4.79 Å². The molecule has 178 valence electrons. The predicted molar refractivity (Wildman–Crippen MR) is 136 cm³/mol. The van der Waals surface area contributed by atoms with Crippen LogP contribution in [0.15, 0.2) is 79.0 Å². The molecule has 6 rings (SSSR count). The smallest absolute Gasteiger partial charge is 0.234 e. The highest BCUT2D eigenvalue weighted by Gasteiger charge is 2.54. The van der Waals surface area contributed by atoms with Gasteiger partial charge in [0.25, 0.3) is 0 Å². The molecule has 0 radical (unpaired) electrons. The van der Waals surface area contributed by atoms with Gasteiger partial charge in [-0.2, -0.15) is 5.10 Å². The van der Waals surface area contributed by atoms with Crippen LogP contribution >= 0.6 is 0 Å². The fraction of sp³-hybridized carbons (Fsp3) is 0.310. The lowest BCUT2D eigenvalue weighted by Crippen LogP contribution is -2.44. The molecule has 1 aliphatic carbocycles. The quantitative estimate of drug-likeness (QED) is 0.398. The molecule has 1 saturated carbocycles. The summed E-state index contributed by atoms with van der Waals surface area (Å²) < 4.78 is 15.2. The molecule has 1 saturated heterocycles. The minimum atomic E-state index is -0.553. The number of anilines is 1. The molecule has 0 bridgehead atoms. The van der Waals surface area contributed by atoms with Gasteiger partial charge < -0.3 is 10.2 Å². The van der Waals surface area contributed by atoms with Crippen molar-refractivity contribution in [3.05, 3.63) is 90.4 Å². The lowest BCUT2D eigenvalue weighted by Gasteiger charge is -2.31. The molecule has 35 heavy (non-hydrogen) atoms. The third-order valence-corrected chi connectivity index (χ3v) is 7.51. The Morgan fingerprint density at radius 3 is 2.43 bits per heavy atom. The number of amides is 1. The number of halogens is 1. The van der Waals surface area contributed by atoms with Crippen LogP contribution in [0.5, 0.6) is 0 Å². The van der Waals surface area contributed by atoms with Gasteiger partial charge in [-0.15, -0.1) is 0 Å². The van der Waals surface area contributed by atoms with Gasteiger partial charge in [-0.25, -0.2) is 9.07 Å². The normalized spacial score (nSPS) is 21.7. The summed E-state index contributed by atoms with van der Waals surface area (Å²) >= 11 is 0. The lowest BCUT2D eigenvalue weighted by molar-refractivity contribution is -0.124. The van der Waals surface area contributed by atoms with Gasteiger partial charge in [-0.1, -0.05) is 30.3 Å². The number of hydrogen-bond donors (Lipinski definition) is 1. The second kappa shape index (κ2) is 8.31. The highest BCUT2D eigenvalue weighted by molar-refractivity contribution is 6.03. The molecular weight excluding hydrogens is 439 g/mol. The zero-order valence-corrected chi connectivity index (χ0v) is 20.0. The van der Waals surface area contributed by atoms with E-state index in [1.807, 2.05) is 41.3 Å². The van der Waals surface area contributed by atoms with Crippen LogP contribution in [-0.4, -0.2) is 28.3 Å². The first kappa shape index (κ1) is 22.0. The monoisotopic (exact) mass is 468 g/mol. The fourth-order valence-electron chi connectivity index (χ4n) is 5.32. The predicted octanol–water partition coefficient (Wildman–Crippen LogP) is 5.65. The van der Waals surface area contributed by atoms with Crippen LogP contribution < -0.4 is 10.2 Å². The molecule has 0 spiro atoms. The Balaban J connectivity index is 1.42. The molecule has 4 aromatic rings. The van der Waals surface area contributed by atoms with Crippen molar-refractivity contribution >= 4 is 22.5 Å². The van der Waals surface area contributed by atoms with E-state index in [0.29, 0.717) is 0 Å². The van der Waals surface area contributed by atoms with E-state index < -0.39 is 5.41 Å². The zero-order valence-electron chi connectivity index (χ0n) is 20.0. The molecule has 1 unspecified atom stereocenters. The van der Waals surface area contributed by atoms with E-state index >= 15 is 0 Å². The Morgan fingerprint density at radius 2 is 1.71 bits per heavy atom. The average Bonchev–Trinajstić information content (AvgIpc) is 3.56. The summed E-state index contributed by atoms with van der Waals surface area (Å²) in [5, 5.41) is 9.24. The van der Waals surface area contributed by atoms with Gasteiger partial charge in [0.1, 0.15) is 5.82 Å². The van der Waals surface area contributed by atoms with E-state index in [4.69, 9.17) is 0 Å². The van der Waals surface area contributed by atoms with Crippen LogP contribution in [0.3, 0.4) is 0 Å². The molecule has 2 atom stereocenters. The van der Waals surface area contributed by atoms with Gasteiger partial charge in [0.2, 0.25) is 5.91 Å². The largest absolute Gasteiger partial charge is 0.310 e. The Bertz CT molecular complexity index is 1380. The maximum Gasteiger partial charge on any atom is 0.234 e. The van der Waals surface area contributed by atoms with Crippen molar-refractivity contribution < 1.29 is 9.18 Å². The Kier molecular flexibility index (Phi) is 5.22. The molecule has 3 aromatic carbocycles. The zero-order chi connectivity index (χ0) is 24.2. The molecule has 1 aromatic heterocycles. The van der Waals surface area contributed by atoms with Crippen molar-refractivity contribution in [3.63, 3.8) is 0 Å². The molecule has 5 nitrogen and oxygen atoms in total. The highest BCUT2D eigenvalue weighted by Crippen LogP contribution is 2.47. The minimum absolute atomic E-state index is 0.00404. The molecule has 2 aliphatic rings. The number of benzene rings is 3. The number of nitrogens with zero attached hydrogens (tertiary/aromatic N) is 3. The van der Waals surface area contributed by atoms with Gasteiger partial charge in [0, 0.05) is 17.1 Å². The number of carbonyl (C=O) groups excluding carboxylic acids is 1. The number of carbonyl (C=O) groups is 1. The third kappa shape index (κ3) is 3.82. The summed E-state index contributed by atoms with van der Waals surface area (Å²) in [6.07, 6.45) is 4.33.